The van der Waals surface area contributed by atoms with Crippen LogP contribution in [0.3, 0.4) is 0 Å². The summed E-state index contributed by atoms with van der Waals surface area (Å²) in [6.45, 7) is 4.90. The summed E-state index contributed by atoms with van der Waals surface area (Å²) in [7, 11) is -2.18. The summed E-state index contributed by atoms with van der Waals surface area (Å²) in [6, 6.07) is 52.3. The van der Waals surface area contributed by atoms with Crippen LogP contribution in [0.2, 0.25) is 13.1 Å². The highest BCUT2D eigenvalue weighted by molar-refractivity contribution is 7.04. The van der Waals surface area contributed by atoms with Crippen molar-refractivity contribution in [2.75, 3.05) is 0 Å². The van der Waals surface area contributed by atoms with Crippen molar-refractivity contribution >= 4 is 62.1 Å². The van der Waals surface area contributed by atoms with Gasteiger partial charge in [0.05, 0.1) is 27.8 Å². The van der Waals surface area contributed by atoms with E-state index in [1.165, 1.54) is 48.5 Å². The fourth-order valence-corrected chi connectivity index (χ4v) is 11.2. The van der Waals surface area contributed by atoms with Crippen LogP contribution in [0.4, 0.5) is 0 Å². The molecule has 0 aliphatic carbocycles. The highest BCUT2D eigenvalue weighted by atomic mass is 28.3. The molecule has 3 aromatic heterocycles. The van der Waals surface area contributed by atoms with Crippen LogP contribution in [0.1, 0.15) is 0 Å². The second kappa shape index (κ2) is 9.61. The average Bonchev–Trinajstić information content (AvgIpc) is 3.72. The molecule has 10 rings (SSSR count). The number of benzene rings is 6. The summed E-state index contributed by atoms with van der Waals surface area (Å²) in [6.07, 6.45) is 0. The van der Waals surface area contributed by atoms with Crippen LogP contribution in [0.25, 0.3) is 77.8 Å². The average molecular weight is 619 g/mol. The van der Waals surface area contributed by atoms with E-state index in [9.17, 15) is 0 Å². The molecule has 1 aliphatic rings. The van der Waals surface area contributed by atoms with Crippen LogP contribution >= 0.6 is 0 Å². The topological polar surface area (TPSA) is 35.6 Å². The van der Waals surface area contributed by atoms with E-state index in [1.54, 1.807) is 0 Å². The van der Waals surface area contributed by atoms with Crippen LogP contribution in [0, 0.1) is 0 Å². The lowest BCUT2D eigenvalue weighted by Gasteiger charge is -2.22. The Morgan fingerprint density at radius 1 is 0.511 bits per heavy atom. The van der Waals surface area contributed by atoms with E-state index < -0.39 is 8.07 Å². The zero-order chi connectivity index (χ0) is 31.3. The van der Waals surface area contributed by atoms with E-state index >= 15 is 0 Å². The van der Waals surface area contributed by atoms with Gasteiger partial charge in [0, 0.05) is 38.0 Å². The molecule has 222 valence electrons. The highest BCUT2D eigenvalue weighted by Gasteiger charge is 2.42. The molecular weight excluding hydrogens is 589 g/mol. The maximum atomic E-state index is 5.52. The third-order valence-corrected chi connectivity index (χ3v) is 13.6. The van der Waals surface area contributed by atoms with Crippen molar-refractivity contribution in [2.24, 2.45) is 0 Å². The molecule has 9 aromatic rings. The standard InChI is InChI=1S/C42H30N4Si/c1-47(2)36-24-14-11-21-32(36)38-40(47)42(44-41(43-38)27-15-5-3-6-16-27)46-34-23-13-10-20-31(34)37-35(46)26-25-30-29-19-9-12-22-33(29)45(39(30)37)28-17-7-4-8-18-28/h3-26H,1-2H3. The normalized spacial score (nSPS) is 13.5. The minimum atomic E-state index is -2.18. The molecule has 6 aromatic carbocycles. The summed E-state index contributed by atoms with van der Waals surface area (Å²) in [5.41, 5.74) is 9.22. The minimum Gasteiger partial charge on any atom is -0.309 e. The first kappa shape index (κ1) is 26.4. The van der Waals surface area contributed by atoms with E-state index in [4.69, 9.17) is 9.97 Å². The van der Waals surface area contributed by atoms with Gasteiger partial charge >= 0.3 is 0 Å². The van der Waals surface area contributed by atoms with Crippen molar-refractivity contribution in [3.8, 4) is 34.2 Å². The first-order valence-electron chi connectivity index (χ1n) is 16.2. The molecule has 0 unspecified atom stereocenters. The lowest BCUT2D eigenvalue weighted by atomic mass is 10.1. The molecule has 4 heterocycles. The molecule has 0 atom stereocenters. The van der Waals surface area contributed by atoms with Crippen molar-refractivity contribution in [1.29, 1.82) is 0 Å². The fraction of sp³-hybridized carbons (Fsp3) is 0.0476. The van der Waals surface area contributed by atoms with E-state index in [0.29, 0.717) is 0 Å². The molecule has 5 heteroatoms. The molecule has 47 heavy (non-hydrogen) atoms. The molecule has 0 saturated heterocycles. The number of rotatable bonds is 3. The van der Waals surface area contributed by atoms with Gasteiger partial charge in [0.25, 0.3) is 0 Å². The Balaban J connectivity index is 1.40. The van der Waals surface area contributed by atoms with Gasteiger partial charge in [-0.3, -0.25) is 4.57 Å². The molecule has 4 nitrogen and oxygen atoms in total. The maximum absolute atomic E-state index is 5.52. The first-order chi connectivity index (χ1) is 23.1. The molecule has 0 N–H and O–H groups in total. The van der Waals surface area contributed by atoms with Gasteiger partial charge in [0.1, 0.15) is 13.9 Å². The molecule has 0 bridgehead atoms. The number of hydrogen-bond donors (Lipinski definition) is 0. The SMILES string of the molecule is C[Si]1(C)c2ccccc2-c2nc(-c3ccccc3)nc(-n3c4ccccc4c4c3ccc3c5ccccc5n(-c5ccccc5)c34)c21. The Kier molecular flexibility index (Phi) is 5.41. The third kappa shape index (κ3) is 3.57. The highest BCUT2D eigenvalue weighted by Crippen LogP contribution is 2.42. The third-order valence-electron chi connectivity index (χ3n) is 10.1. The van der Waals surface area contributed by atoms with Crippen LogP contribution < -0.4 is 10.4 Å². The zero-order valence-electron chi connectivity index (χ0n) is 26.1. The monoisotopic (exact) mass is 618 g/mol. The molecule has 0 fully saturated rings. The molecule has 1 aliphatic heterocycles. The molecule has 0 radical (unpaired) electrons. The number of nitrogens with zero attached hydrogens (tertiary/aromatic N) is 4. The van der Waals surface area contributed by atoms with Crippen LogP contribution in [-0.4, -0.2) is 27.2 Å². The predicted octanol–water partition coefficient (Wildman–Crippen LogP) is 9.14. The van der Waals surface area contributed by atoms with Gasteiger partial charge in [-0.2, -0.15) is 0 Å². The predicted molar refractivity (Wildman–Crippen MR) is 198 cm³/mol. The van der Waals surface area contributed by atoms with Crippen LogP contribution in [0.15, 0.2) is 146 Å². The Morgan fingerprint density at radius 3 is 1.94 bits per heavy atom. The van der Waals surface area contributed by atoms with E-state index in [0.717, 1.165) is 39.6 Å². The smallest absolute Gasteiger partial charge is 0.162 e. The minimum absolute atomic E-state index is 0.756. The van der Waals surface area contributed by atoms with E-state index in [1.807, 2.05) is 6.07 Å². The van der Waals surface area contributed by atoms with Gasteiger partial charge in [-0.1, -0.05) is 128 Å². The number of hydrogen-bond acceptors (Lipinski definition) is 2. The quantitative estimate of drug-likeness (QED) is 0.185. The summed E-state index contributed by atoms with van der Waals surface area (Å²) in [5.74, 6) is 1.75. The lowest BCUT2D eigenvalue weighted by Crippen LogP contribution is -2.51. The van der Waals surface area contributed by atoms with Crippen molar-refractivity contribution < 1.29 is 0 Å². The molecule has 0 amide bonds. The summed E-state index contributed by atoms with van der Waals surface area (Å²) >= 11 is 0. The van der Waals surface area contributed by atoms with E-state index in [-0.39, 0.29) is 0 Å². The Hall–Kier alpha value is -5.78. The number of aromatic nitrogens is 4. The second-order valence-corrected chi connectivity index (χ2v) is 17.3. The van der Waals surface area contributed by atoms with Gasteiger partial charge in [-0.25, -0.2) is 9.97 Å². The van der Waals surface area contributed by atoms with Gasteiger partial charge in [0.2, 0.25) is 0 Å². The number of fused-ring (bicyclic) bond motifs is 10. The van der Waals surface area contributed by atoms with Crippen molar-refractivity contribution in [3.63, 3.8) is 0 Å². The van der Waals surface area contributed by atoms with Gasteiger partial charge in [-0.15, -0.1) is 0 Å². The largest absolute Gasteiger partial charge is 0.309 e. The Labute approximate surface area is 273 Å². The second-order valence-electron chi connectivity index (χ2n) is 13.0. The Morgan fingerprint density at radius 2 is 1.15 bits per heavy atom. The lowest BCUT2D eigenvalue weighted by molar-refractivity contribution is 1.06. The summed E-state index contributed by atoms with van der Waals surface area (Å²) in [4.78, 5) is 10.8. The fourth-order valence-electron chi connectivity index (χ4n) is 8.05. The molecule has 0 saturated carbocycles. The van der Waals surface area contributed by atoms with Gasteiger partial charge in [-0.05, 0) is 41.1 Å². The van der Waals surface area contributed by atoms with E-state index in [2.05, 4.69) is 162 Å². The van der Waals surface area contributed by atoms with Crippen LogP contribution in [0.5, 0.6) is 0 Å². The maximum Gasteiger partial charge on any atom is 0.162 e. The first-order valence-corrected chi connectivity index (χ1v) is 19.2. The van der Waals surface area contributed by atoms with Gasteiger partial charge in [0.15, 0.2) is 5.82 Å². The zero-order valence-corrected chi connectivity index (χ0v) is 27.1. The van der Waals surface area contributed by atoms with Crippen molar-refractivity contribution in [2.45, 2.75) is 13.1 Å². The van der Waals surface area contributed by atoms with Gasteiger partial charge < -0.3 is 4.57 Å². The number of para-hydroxylation sites is 3. The summed E-state index contributed by atoms with van der Waals surface area (Å²) in [5, 5.41) is 7.68. The summed E-state index contributed by atoms with van der Waals surface area (Å²) < 4.78 is 4.88. The van der Waals surface area contributed by atoms with Crippen LogP contribution in [-0.2, 0) is 0 Å². The Bertz CT molecular complexity index is 2700. The van der Waals surface area contributed by atoms with Crippen molar-refractivity contribution in [1.82, 2.24) is 19.1 Å². The molecular formula is C42H30N4Si. The van der Waals surface area contributed by atoms with Crippen molar-refractivity contribution in [3.05, 3.63) is 146 Å². The molecule has 0 spiro atoms.